The van der Waals surface area contributed by atoms with E-state index in [1.165, 1.54) is 0 Å². The summed E-state index contributed by atoms with van der Waals surface area (Å²) in [6, 6.07) is 0. The van der Waals surface area contributed by atoms with Gasteiger partial charge in [-0.15, -0.1) is 0 Å². The fraction of sp³-hybridized carbons (Fsp3) is 0.800. The van der Waals surface area contributed by atoms with Crippen molar-refractivity contribution in [2.75, 3.05) is 0 Å². The van der Waals surface area contributed by atoms with E-state index in [1.807, 2.05) is 0 Å². The van der Waals surface area contributed by atoms with Crippen LogP contribution in [-0.4, -0.2) is 22.2 Å². The number of carbonyl (C=O) groups is 2. The Balaban J connectivity index is 3.62. The highest BCUT2D eigenvalue weighted by molar-refractivity contribution is 5.92. The minimum absolute atomic E-state index is 0.244. The lowest BCUT2D eigenvalue weighted by Gasteiger charge is -2.06. The quantitative estimate of drug-likeness (QED) is 0.467. The van der Waals surface area contributed by atoms with E-state index in [0.29, 0.717) is 6.42 Å². The van der Waals surface area contributed by atoms with Crippen molar-refractivity contribution in [1.29, 1.82) is 0 Å². The van der Waals surface area contributed by atoms with Crippen LogP contribution in [0, 0.1) is 5.92 Å². The molecule has 0 heterocycles. The predicted octanol–water partition coefficient (Wildman–Crippen LogP) is 2.13. The van der Waals surface area contributed by atoms with Gasteiger partial charge in [0.25, 0.3) is 0 Å². The summed E-state index contributed by atoms with van der Waals surface area (Å²) in [5.41, 5.74) is 0. The first-order valence-corrected chi connectivity index (χ1v) is 5.05. The molecule has 0 fully saturated rings. The summed E-state index contributed by atoms with van der Waals surface area (Å²) in [4.78, 5) is 21.0. The van der Waals surface area contributed by atoms with Crippen LogP contribution >= 0.6 is 0 Å². The van der Waals surface area contributed by atoms with E-state index in [9.17, 15) is 9.59 Å². The normalized spacial score (nSPS) is 10.4. The molecule has 0 saturated heterocycles. The summed E-state index contributed by atoms with van der Waals surface area (Å²) < 4.78 is 0. The molecule has 0 rings (SSSR count). The smallest absolute Gasteiger partial charge is 0.317 e. The van der Waals surface area contributed by atoms with Gasteiger partial charge in [0, 0.05) is 0 Å². The van der Waals surface area contributed by atoms with Gasteiger partial charge in [-0.2, -0.15) is 0 Å². The number of rotatable bonds is 8. The Morgan fingerprint density at radius 2 is 1.50 bits per heavy atom. The minimum atomic E-state index is -1.23. The van der Waals surface area contributed by atoms with Crippen LogP contribution in [0.2, 0.25) is 0 Å². The van der Waals surface area contributed by atoms with E-state index >= 15 is 0 Å². The van der Waals surface area contributed by atoms with Crippen LogP contribution < -0.4 is 0 Å². The molecule has 0 aromatic rings. The maximum absolute atomic E-state index is 10.5. The average molecular weight is 202 g/mol. The van der Waals surface area contributed by atoms with Crippen molar-refractivity contribution in [2.24, 2.45) is 5.92 Å². The molecule has 4 nitrogen and oxygen atoms in total. The number of aliphatic carboxylic acids is 2. The van der Waals surface area contributed by atoms with E-state index in [-0.39, 0.29) is 6.42 Å². The van der Waals surface area contributed by atoms with E-state index in [0.717, 1.165) is 25.7 Å². The van der Waals surface area contributed by atoms with Crippen LogP contribution in [0.4, 0.5) is 0 Å². The van der Waals surface area contributed by atoms with E-state index in [1.54, 1.807) is 0 Å². The highest BCUT2D eigenvalue weighted by Gasteiger charge is 2.24. The molecule has 14 heavy (non-hydrogen) atoms. The summed E-state index contributed by atoms with van der Waals surface area (Å²) in [6.07, 6.45) is 5.16. The molecule has 82 valence electrons. The number of unbranched alkanes of at least 4 members (excludes halogenated alkanes) is 4. The standard InChI is InChI=1S/C10H18O4/c1-2-3-4-5-6-7-8(9(11)12)10(13)14/h8H,2-7H2,1H3,(H,11,12)(H,13,14). The van der Waals surface area contributed by atoms with Gasteiger partial charge in [0.15, 0.2) is 5.92 Å². The third-order valence-corrected chi connectivity index (χ3v) is 2.19. The second kappa shape index (κ2) is 7.35. The molecule has 0 bridgehead atoms. The zero-order valence-corrected chi connectivity index (χ0v) is 8.53. The third-order valence-electron chi connectivity index (χ3n) is 2.19. The third kappa shape index (κ3) is 5.56. The monoisotopic (exact) mass is 202 g/mol. The molecule has 0 unspecified atom stereocenters. The SMILES string of the molecule is CCCCCCCC(C(=O)O)C(=O)O. The molecule has 0 amide bonds. The predicted molar refractivity (Wildman–Crippen MR) is 52.1 cm³/mol. The van der Waals surface area contributed by atoms with E-state index < -0.39 is 17.9 Å². The fourth-order valence-electron chi connectivity index (χ4n) is 1.30. The van der Waals surface area contributed by atoms with E-state index in [2.05, 4.69) is 6.92 Å². The number of hydrogen-bond acceptors (Lipinski definition) is 2. The molecule has 0 aliphatic heterocycles. The largest absolute Gasteiger partial charge is 0.481 e. The van der Waals surface area contributed by atoms with Crippen LogP contribution in [0.3, 0.4) is 0 Å². The molecule has 4 heteroatoms. The molecule has 2 N–H and O–H groups in total. The second-order valence-electron chi connectivity index (χ2n) is 3.43. The number of hydrogen-bond donors (Lipinski definition) is 2. The molecule has 0 radical (unpaired) electrons. The minimum Gasteiger partial charge on any atom is -0.481 e. The van der Waals surface area contributed by atoms with Gasteiger partial charge in [-0.1, -0.05) is 39.0 Å². The fourth-order valence-corrected chi connectivity index (χ4v) is 1.30. The first kappa shape index (κ1) is 12.9. The Morgan fingerprint density at radius 1 is 1.00 bits per heavy atom. The van der Waals surface area contributed by atoms with Crippen molar-refractivity contribution < 1.29 is 19.8 Å². The van der Waals surface area contributed by atoms with Crippen molar-refractivity contribution in [3.63, 3.8) is 0 Å². The van der Waals surface area contributed by atoms with Crippen LogP contribution in [-0.2, 0) is 9.59 Å². The lowest BCUT2D eigenvalue weighted by Crippen LogP contribution is -2.23. The van der Waals surface area contributed by atoms with Crippen molar-refractivity contribution >= 4 is 11.9 Å². The lowest BCUT2D eigenvalue weighted by molar-refractivity contribution is -0.154. The maximum Gasteiger partial charge on any atom is 0.317 e. The van der Waals surface area contributed by atoms with Gasteiger partial charge in [-0.3, -0.25) is 9.59 Å². The van der Waals surface area contributed by atoms with Crippen LogP contribution in [0.1, 0.15) is 45.4 Å². The Morgan fingerprint density at radius 3 is 1.93 bits per heavy atom. The first-order valence-electron chi connectivity index (χ1n) is 5.05. The summed E-state index contributed by atoms with van der Waals surface area (Å²) >= 11 is 0. The summed E-state index contributed by atoms with van der Waals surface area (Å²) in [5, 5.41) is 17.1. The van der Waals surface area contributed by atoms with Crippen molar-refractivity contribution in [3.8, 4) is 0 Å². The molecular formula is C10H18O4. The van der Waals surface area contributed by atoms with Crippen molar-refractivity contribution in [2.45, 2.75) is 45.4 Å². The topological polar surface area (TPSA) is 74.6 Å². The molecule has 0 aromatic heterocycles. The summed E-state index contributed by atoms with van der Waals surface area (Å²) in [7, 11) is 0. The van der Waals surface area contributed by atoms with Gasteiger partial charge in [0.05, 0.1) is 0 Å². The Kier molecular flexibility index (Phi) is 6.80. The van der Waals surface area contributed by atoms with Crippen molar-refractivity contribution in [1.82, 2.24) is 0 Å². The van der Waals surface area contributed by atoms with Gasteiger partial charge >= 0.3 is 11.9 Å². The van der Waals surface area contributed by atoms with Gasteiger partial charge in [0.1, 0.15) is 0 Å². The number of carboxylic acids is 2. The lowest BCUT2D eigenvalue weighted by atomic mass is 10.0. The first-order chi connectivity index (χ1) is 6.59. The highest BCUT2D eigenvalue weighted by atomic mass is 16.4. The zero-order chi connectivity index (χ0) is 11.0. The molecule has 0 aliphatic carbocycles. The van der Waals surface area contributed by atoms with Crippen molar-refractivity contribution in [3.05, 3.63) is 0 Å². The van der Waals surface area contributed by atoms with Gasteiger partial charge in [0.2, 0.25) is 0 Å². The molecule has 0 saturated carbocycles. The Labute approximate surface area is 83.9 Å². The molecule has 0 aliphatic rings. The second-order valence-corrected chi connectivity index (χ2v) is 3.43. The van der Waals surface area contributed by atoms with Crippen LogP contribution in [0.5, 0.6) is 0 Å². The van der Waals surface area contributed by atoms with Gasteiger partial charge in [-0.05, 0) is 6.42 Å². The molecular weight excluding hydrogens is 184 g/mol. The van der Waals surface area contributed by atoms with Gasteiger partial charge in [-0.25, -0.2) is 0 Å². The average Bonchev–Trinajstić information content (AvgIpc) is 2.09. The zero-order valence-electron chi connectivity index (χ0n) is 8.53. The highest BCUT2D eigenvalue weighted by Crippen LogP contribution is 2.12. The molecule has 0 spiro atoms. The summed E-state index contributed by atoms with van der Waals surface area (Å²) in [6.45, 7) is 2.09. The summed E-state index contributed by atoms with van der Waals surface area (Å²) in [5.74, 6) is -3.68. The van der Waals surface area contributed by atoms with Crippen LogP contribution in [0.25, 0.3) is 0 Å². The maximum atomic E-state index is 10.5. The number of carboxylic acid groups (broad SMARTS) is 2. The molecule has 0 aromatic carbocycles. The van der Waals surface area contributed by atoms with E-state index in [4.69, 9.17) is 10.2 Å². The van der Waals surface area contributed by atoms with Gasteiger partial charge < -0.3 is 10.2 Å². The molecule has 0 atom stereocenters. The Hall–Kier alpha value is -1.06. The van der Waals surface area contributed by atoms with Crippen LogP contribution in [0.15, 0.2) is 0 Å². The Bertz CT molecular complexity index is 175.